The van der Waals surface area contributed by atoms with E-state index in [1.807, 2.05) is 0 Å². The summed E-state index contributed by atoms with van der Waals surface area (Å²) in [4.78, 5) is 19.6. The van der Waals surface area contributed by atoms with Crippen molar-refractivity contribution >= 4 is 11.8 Å². The van der Waals surface area contributed by atoms with Crippen LogP contribution in [-0.4, -0.2) is 41.3 Å². The van der Waals surface area contributed by atoms with E-state index in [1.54, 1.807) is 6.20 Å². The maximum atomic E-state index is 11.4. The van der Waals surface area contributed by atoms with Gasteiger partial charge in [0.25, 0.3) is 0 Å². The van der Waals surface area contributed by atoms with Gasteiger partial charge < -0.3 is 14.8 Å². The first-order valence-corrected chi connectivity index (χ1v) is 6.31. The zero-order chi connectivity index (χ0) is 13.9. The highest BCUT2D eigenvalue weighted by Crippen LogP contribution is 2.25. The number of carbonyl (C=O) groups excluding carboxylic acids is 1. The number of carbonyl (C=O) groups is 1. The van der Waals surface area contributed by atoms with E-state index < -0.39 is 5.97 Å². The molecular weight excluding hydrogens is 246 g/mol. The van der Waals surface area contributed by atoms with E-state index >= 15 is 0 Å². The van der Waals surface area contributed by atoms with Gasteiger partial charge in [0.2, 0.25) is 0 Å². The fourth-order valence-corrected chi connectivity index (χ4v) is 2.20. The molecule has 1 unspecified atom stereocenters. The summed E-state index contributed by atoms with van der Waals surface area (Å²) in [6.45, 7) is 4.85. The Kier molecular flexibility index (Phi) is 3.99. The second-order valence-corrected chi connectivity index (χ2v) is 5.22. The molecule has 1 fully saturated rings. The molecule has 0 spiro atoms. The van der Waals surface area contributed by atoms with Crippen LogP contribution in [0, 0.1) is 0 Å². The molecule has 1 aromatic rings. The first-order chi connectivity index (χ1) is 9.00. The van der Waals surface area contributed by atoms with Crippen molar-refractivity contribution in [3.63, 3.8) is 0 Å². The van der Waals surface area contributed by atoms with Crippen LogP contribution in [0.15, 0.2) is 12.4 Å². The summed E-state index contributed by atoms with van der Waals surface area (Å²) in [5, 5.41) is 3.29. The van der Waals surface area contributed by atoms with Gasteiger partial charge in [0.05, 0.1) is 25.1 Å². The quantitative estimate of drug-likeness (QED) is 0.837. The second kappa shape index (κ2) is 5.52. The smallest absolute Gasteiger partial charge is 0.358 e. The number of esters is 1. The fraction of sp³-hybridized carbons (Fsp3) is 0.615. The van der Waals surface area contributed by atoms with Crippen LogP contribution in [0.25, 0.3) is 0 Å². The number of nitrogens with zero attached hydrogens (tertiary/aromatic N) is 2. The van der Waals surface area contributed by atoms with Gasteiger partial charge >= 0.3 is 5.97 Å². The van der Waals surface area contributed by atoms with E-state index in [0.717, 1.165) is 19.4 Å². The summed E-state index contributed by atoms with van der Waals surface area (Å²) >= 11 is 0. The van der Waals surface area contributed by atoms with Crippen LogP contribution < -0.4 is 5.32 Å². The predicted octanol–water partition coefficient (Wildman–Crippen LogP) is 1.63. The van der Waals surface area contributed by atoms with Gasteiger partial charge in [0.1, 0.15) is 5.82 Å². The largest absolute Gasteiger partial charge is 0.464 e. The zero-order valence-corrected chi connectivity index (χ0v) is 11.5. The number of methoxy groups -OCH3 is 1. The molecule has 1 saturated heterocycles. The van der Waals surface area contributed by atoms with E-state index in [2.05, 4.69) is 33.9 Å². The first-order valence-electron chi connectivity index (χ1n) is 6.31. The predicted molar refractivity (Wildman–Crippen MR) is 70.0 cm³/mol. The van der Waals surface area contributed by atoms with Crippen molar-refractivity contribution in [1.29, 1.82) is 0 Å². The highest BCUT2D eigenvalue weighted by Gasteiger charge is 2.29. The maximum Gasteiger partial charge on any atom is 0.358 e. The van der Waals surface area contributed by atoms with E-state index in [9.17, 15) is 4.79 Å². The van der Waals surface area contributed by atoms with Crippen molar-refractivity contribution in [3.05, 3.63) is 18.1 Å². The molecule has 0 aromatic carbocycles. The van der Waals surface area contributed by atoms with Crippen LogP contribution in [0.5, 0.6) is 0 Å². The Morgan fingerprint density at radius 3 is 3.00 bits per heavy atom. The zero-order valence-electron chi connectivity index (χ0n) is 11.5. The van der Waals surface area contributed by atoms with Crippen LogP contribution in [-0.2, 0) is 9.47 Å². The standard InChI is InChI=1S/C13H19N3O3/c1-13(2)6-9(4-5-19-13)15-11-8-14-7-10(16-11)12(17)18-3/h7-9H,4-6H2,1-3H3,(H,15,16). The molecule has 1 aromatic heterocycles. The normalized spacial score (nSPS) is 21.7. The summed E-state index contributed by atoms with van der Waals surface area (Å²) < 4.78 is 10.3. The van der Waals surface area contributed by atoms with Crippen LogP contribution in [0.4, 0.5) is 5.82 Å². The van der Waals surface area contributed by atoms with Crippen molar-refractivity contribution in [2.45, 2.75) is 38.3 Å². The molecule has 104 valence electrons. The average molecular weight is 265 g/mol. The number of hydrogen-bond acceptors (Lipinski definition) is 6. The Hall–Kier alpha value is -1.69. The van der Waals surface area contributed by atoms with Crippen molar-refractivity contribution in [2.24, 2.45) is 0 Å². The Morgan fingerprint density at radius 2 is 2.32 bits per heavy atom. The fourth-order valence-electron chi connectivity index (χ4n) is 2.20. The number of aromatic nitrogens is 2. The van der Waals surface area contributed by atoms with Crippen molar-refractivity contribution in [2.75, 3.05) is 19.0 Å². The average Bonchev–Trinajstić information content (AvgIpc) is 2.37. The van der Waals surface area contributed by atoms with E-state index in [0.29, 0.717) is 5.82 Å². The number of anilines is 1. The highest BCUT2D eigenvalue weighted by atomic mass is 16.5. The summed E-state index contributed by atoms with van der Waals surface area (Å²) in [6.07, 6.45) is 4.80. The minimum atomic E-state index is -0.483. The lowest BCUT2D eigenvalue weighted by molar-refractivity contribution is -0.0553. The third kappa shape index (κ3) is 3.64. The van der Waals surface area contributed by atoms with Gasteiger partial charge in [0.15, 0.2) is 5.69 Å². The highest BCUT2D eigenvalue weighted by molar-refractivity contribution is 5.87. The Morgan fingerprint density at radius 1 is 1.53 bits per heavy atom. The van der Waals surface area contributed by atoms with E-state index in [1.165, 1.54) is 13.3 Å². The SMILES string of the molecule is COC(=O)c1cncc(NC2CCOC(C)(C)C2)n1. The number of ether oxygens (including phenoxy) is 2. The van der Waals surface area contributed by atoms with Crippen molar-refractivity contribution in [3.8, 4) is 0 Å². The van der Waals surface area contributed by atoms with Gasteiger partial charge in [0, 0.05) is 12.6 Å². The Bertz CT molecular complexity index is 462. The molecule has 2 heterocycles. The summed E-state index contributed by atoms with van der Waals surface area (Å²) in [6, 6.07) is 0.269. The van der Waals surface area contributed by atoms with Gasteiger partial charge in [-0.25, -0.2) is 9.78 Å². The molecule has 0 aliphatic carbocycles. The molecule has 0 saturated carbocycles. The molecule has 1 atom stereocenters. The maximum absolute atomic E-state index is 11.4. The third-order valence-electron chi connectivity index (χ3n) is 3.08. The molecular formula is C13H19N3O3. The summed E-state index contributed by atoms with van der Waals surface area (Å²) in [5.74, 6) is 0.106. The molecule has 19 heavy (non-hydrogen) atoms. The molecule has 0 radical (unpaired) electrons. The molecule has 6 heteroatoms. The van der Waals surface area contributed by atoms with E-state index in [4.69, 9.17) is 4.74 Å². The lowest BCUT2D eigenvalue weighted by Crippen LogP contribution is -2.40. The molecule has 1 aliphatic heterocycles. The summed E-state index contributed by atoms with van der Waals surface area (Å²) in [7, 11) is 1.32. The monoisotopic (exact) mass is 265 g/mol. The minimum Gasteiger partial charge on any atom is -0.464 e. The van der Waals surface area contributed by atoms with Gasteiger partial charge in [-0.3, -0.25) is 4.98 Å². The van der Waals surface area contributed by atoms with Crippen LogP contribution in [0.2, 0.25) is 0 Å². The van der Waals surface area contributed by atoms with Crippen molar-refractivity contribution < 1.29 is 14.3 Å². The number of nitrogens with one attached hydrogen (secondary N) is 1. The Balaban J connectivity index is 2.05. The van der Waals surface area contributed by atoms with Crippen molar-refractivity contribution in [1.82, 2.24) is 9.97 Å². The van der Waals surface area contributed by atoms with E-state index in [-0.39, 0.29) is 17.3 Å². The lowest BCUT2D eigenvalue weighted by atomic mass is 9.94. The van der Waals surface area contributed by atoms with Crippen LogP contribution in [0.3, 0.4) is 0 Å². The lowest BCUT2D eigenvalue weighted by Gasteiger charge is -2.36. The van der Waals surface area contributed by atoms with Gasteiger partial charge in [-0.15, -0.1) is 0 Å². The second-order valence-electron chi connectivity index (χ2n) is 5.22. The van der Waals surface area contributed by atoms with Crippen LogP contribution >= 0.6 is 0 Å². The first kappa shape index (κ1) is 13.7. The Labute approximate surface area is 112 Å². The number of rotatable bonds is 3. The topological polar surface area (TPSA) is 73.3 Å². The molecule has 0 amide bonds. The molecule has 0 bridgehead atoms. The molecule has 1 aliphatic rings. The van der Waals surface area contributed by atoms with Gasteiger partial charge in [-0.2, -0.15) is 0 Å². The number of hydrogen-bond donors (Lipinski definition) is 1. The molecule has 2 rings (SSSR count). The third-order valence-corrected chi connectivity index (χ3v) is 3.08. The van der Waals surface area contributed by atoms with Gasteiger partial charge in [-0.05, 0) is 26.7 Å². The minimum absolute atomic E-state index is 0.136. The van der Waals surface area contributed by atoms with Crippen LogP contribution in [0.1, 0.15) is 37.2 Å². The van der Waals surface area contributed by atoms with Gasteiger partial charge in [-0.1, -0.05) is 0 Å². The molecule has 1 N–H and O–H groups in total. The molecule has 6 nitrogen and oxygen atoms in total. The summed E-state index contributed by atoms with van der Waals surface area (Å²) in [5.41, 5.74) is 0.0716.